The molecule has 10 heteroatoms. The van der Waals surface area contributed by atoms with Crippen molar-refractivity contribution in [2.75, 3.05) is 39.3 Å². The number of amides is 2. The summed E-state index contributed by atoms with van der Waals surface area (Å²) in [5.41, 5.74) is 1.58. The molecule has 3 aliphatic heterocycles. The van der Waals surface area contributed by atoms with Crippen LogP contribution in [0.4, 0.5) is 0 Å². The van der Waals surface area contributed by atoms with Crippen LogP contribution in [0.15, 0.2) is 53.4 Å². The summed E-state index contributed by atoms with van der Waals surface area (Å²) in [6.45, 7) is 4.26. The molecule has 0 spiro atoms. The van der Waals surface area contributed by atoms with Crippen molar-refractivity contribution in [2.45, 2.75) is 55.5 Å². The van der Waals surface area contributed by atoms with Crippen molar-refractivity contribution < 1.29 is 18.0 Å². The van der Waals surface area contributed by atoms with Gasteiger partial charge in [-0.1, -0.05) is 35.9 Å². The second-order valence-electron chi connectivity index (χ2n) is 10.5. The lowest BCUT2D eigenvalue weighted by atomic mass is 10.1. The van der Waals surface area contributed by atoms with Gasteiger partial charge in [-0.15, -0.1) is 0 Å². The fourth-order valence-corrected chi connectivity index (χ4v) is 7.21. The van der Waals surface area contributed by atoms with Gasteiger partial charge in [0.1, 0.15) is 6.04 Å². The van der Waals surface area contributed by atoms with E-state index in [1.54, 1.807) is 24.3 Å². The van der Waals surface area contributed by atoms with E-state index in [9.17, 15) is 18.0 Å². The van der Waals surface area contributed by atoms with Gasteiger partial charge in [-0.05, 0) is 87.0 Å². The molecular formula is C28H35ClN4O4S. The van der Waals surface area contributed by atoms with E-state index in [1.807, 2.05) is 23.1 Å². The van der Waals surface area contributed by atoms with Gasteiger partial charge in [0.05, 0.1) is 11.4 Å². The molecule has 3 saturated heterocycles. The summed E-state index contributed by atoms with van der Waals surface area (Å²) in [6.07, 6.45) is 5.44. The van der Waals surface area contributed by atoms with E-state index in [-0.39, 0.29) is 29.3 Å². The van der Waals surface area contributed by atoms with E-state index in [4.69, 9.17) is 11.6 Å². The normalized spacial score (nSPS) is 22.8. The monoisotopic (exact) mass is 558 g/mol. The Hall–Kier alpha value is -2.46. The zero-order chi connectivity index (χ0) is 26.7. The third-order valence-corrected chi connectivity index (χ3v) is 9.56. The number of benzene rings is 2. The first-order valence-electron chi connectivity index (χ1n) is 13.5. The van der Waals surface area contributed by atoms with Crippen molar-refractivity contribution in [3.8, 4) is 11.1 Å². The predicted octanol–water partition coefficient (Wildman–Crippen LogP) is 3.36. The summed E-state index contributed by atoms with van der Waals surface area (Å²) in [5, 5.41) is 0.602. The highest BCUT2D eigenvalue weighted by Crippen LogP contribution is 2.25. The molecule has 0 aliphatic carbocycles. The van der Waals surface area contributed by atoms with Crippen LogP contribution in [0.25, 0.3) is 11.1 Å². The first kappa shape index (κ1) is 27.1. The topological polar surface area (TPSA) is 90.0 Å². The van der Waals surface area contributed by atoms with Crippen molar-refractivity contribution in [3.63, 3.8) is 0 Å². The van der Waals surface area contributed by atoms with Crippen LogP contribution < -0.4 is 4.72 Å². The summed E-state index contributed by atoms with van der Waals surface area (Å²) in [4.78, 5) is 32.5. The van der Waals surface area contributed by atoms with Crippen molar-refractivity contribution in [3.05, 3.63) is 53.6 Å². The molecule has 3 fully saturated rings. The molecule has 0 radical (unpaired) electrons. The minimum Gasteiger partial charge on any atom is -0.337 e. The van der Waals surface area contributed by atoms with E-state index < -0.39 is 16.1 Å². The average Bonchev–Trinajstić information content (AvgIpc) is 3.60. The molecular weight excluding hydrogens is 524 g/mol. The molecule has 2 atom stereocenters. The molecule has 0 aromatic heterocycles. The molecule has 204 valence electrons. The quantitative estimate of drug-likeness (QED) is 0.536. The lowest BCUT2D eigenvalue weighted by molar-refractivity contribution is -0.143. The Morgan fingerprint density at radius 2 is 1.66 bits per heavy atom. The van der Waals surface area contributed by atoms with Crippen molar-refractivity contribution >= 4 is 33.4 Å². The van der Waals surface area contributed by atoms with Gasteiger partial charge in [-0.2, -0.15) is 4.72 Å². The van der Waals surface area contributed by atoms with Gasteiger partial charge in [0.15, 0.2) is 0 Å². The number of rotatable bonds is 8. The number of piperidine rings is 1. The molecule has 2 unspecified atom stereocenters. The van der Waals surface area contributed by atoms with Crippen LogP contribution in [0.5, 0.6) is 0 Å². The average molecular weight is 559 g/mol. The largest absolute Gasteiger partial charge is 0.337 e. The van der Waals surface area contributed by atoms with E-state index in [1.165, 1.54) is 23.8 Å². The number of likely N-dealkylation sites (tertiary alicyclic amines) is 3. The van der Waals surface area contributed by atoms with Crippen molar-refractivity contribution in [2.24, 2.45) is 0 Å². The molecule has 1 N–H and O–H groups in total. The Morgan fingerprint density at radius 1 is 0.921 bits per heavy atom. The van der Waals surface area contributed by atoms with Crippen LogP contribution in [0.1, 0.15) is 38.5 Å². The summed E-state index contributed by atoms with van der Waals surface area (Å²) >= 11 is 5.98. The fourth-order valence-electron chi connectivity index (χ4n) is 5.82. The number of carbonyl (C=O) groups excluding carboxylic acids is 2. The highest BCUT2D eigenvalue weighted by molar-refractivity contribution is 7.89. The Kier molecular flexibility index (Phi) is 8.38. The number of nitrogens with one attached hydrogen (secondary N) is 1. The second-order valence-corrected chi connectivity index (χ2v) is 12.7. The van der Waals surface area contributed by atoms with E-state index in [2.05, 4.69) is 9.62 Å². The van der Waals surface area contributed by atoms with Gasteiger partial charge < -0.3 is 14.7 Å². The number of halogens is 1. The first-order chi connectivity index (χ1) is 18.3. The number of sulfonamides is 1. The molecule has 2 aromatic rings. The number of hydrogen-bond acceptors (Lipinski definition) is 5. The molecule has 0 bridgehead atoms. The van der Waals surface area contributed by atoms with Gasteiger partial charge in [0, 0.05) is 30.7 Å². The second kappa shape index (κ2) is 11.7. The zero-order valence-electron chi connectivity index (χ0n) is 21.5. The van der Waals surface area contributed by atoms with Gasteiger partial charge in [0.2, 0.25) is 21.8 Å². The standard InChI is InChI=1S/C28H35ClN4O4S/c29-23-12-10-21(11-13-23)22-6-3-8-25(18-22)38(36,37)30-26-9-5-16-32(28(26)35)20-27(34)33-17-4-7-24(33)19-31-14-1-2-15-31/h3,6,8,10-13,18,24,26,30H,1-2,4-5,7,9,14-17,19-20H2. The maximum absolute atomic E-state index is 13.3. The van der Waals surface area contributed by atoms with Gasteiger partial charge >= 0.3 is 0 Å². The lowest BCUT2D eigenvalue weighted by Crippen LogP contribution is -2.55. The minimum atomic E-state index is -3.95. The number of hydrogen-bond donors (Lipinski definition) is 1. The molecule has 2 amide bonds. The summed E-state index contributed by atoms with van der Waals surface area (Å²) in [5.74, 6) is -0.378. The van der Waals surface area contributed by atoms with Gasteiger partial charge in [-0.3, -0.25) is 9.59 Å². The van der Waals surface area contributed by atoms with Gasteiger partial charge in [0.25, 0.3) is 0 Å². The van der Waals surface area contributed by atoms with Crippen molar-refractivity contribution in [1.29, 1.82) is 0 Å². The van der Waals surface area contributed by atoms with Crippen LogP contribution >= 0.6 is 11.6 Å². The van der Waals surface area contributed by atoms with Crippen LogP contribution in [0, 0.1) is 0 Å². The lowest BCUT2D eigenvalue weighted by Gasteiger charge is -2.34. The van der Waals surface area contributed by atoms with E-state index >= 15 is 0 Å². The van der Waals surface area contributed by atoms with E-state index in [0.29, 0.717) is 24.4 Å². The predicted molar refractivity (Wildman–Crippen MR) is 147 cm³/mol. The highest BCUT2D eigenvalue weighted by atomic mass is 35.5. The van der Waals surface area contributed by atoms with E-state index in [0.717, 1.165) is 50.1 Å². The van der Waals surface area contributed by atoms with Crippen LogP contribution in [-0.4, -0.2) is 86.3 Å². The molecule has 8 nitrogen and oxygen atoms in total. The summed E-state index contributed by atoms with van der Waals surface area (Å²) in [7, 11) is -3.95. The minimum absolute atomic E-state index is 0.000384. The third kappa shape index (κ3) is 6.22. The Morgan fingerprint density at radius 3 is 2.42 bits per heavy atom. The number of nitrogens with zero attached hydrogens (tertiary/aromatic N) is 3. The Bertz CT molecular complexity index is 1260. The molecule has 38 heavy (non-hydrogen) atoms. The zero-order valence-corrected chi connectivity index (χ0v) is 23.1. The molecule has 0 saturated carbocycles. The third-order valence-electron chi connectivity index (χ3n) is 7.84. The Labute approximate surface area is 230 Å². The fraction of sp³-hybridized carbons (Fsp3) is 0.500. The summed E-state index contributed by atoms with van der Waals surface area (Å²) in [6, 6.07) is 13.1. The smallest absolute Gasteiger partial charge is 0.242 e. The molecule has 2 aromatic carbocycles. The highest BCUT2D eigenvalue weighted by Gasteiger charge is 2.36. The van der Waals surface area contributed by atoms with Crippen LogP contribution in [0.3, 0.4) is 0 Å². The first-order valence-corrected chi connectivity index (χ1v) is 15.4. The van der Waals surface area contributed by atoms with Crippen LogP contribution in [0.2, 0.25) is 5.02 Å². The van der Waals surface area contributed by atoms with Crippen LogP contribution in [-0.2, 0) is 19.6 Å². The molecule has 3 heterocycles. The maximum atomic E-state index is 13.3. The Balaban J connectivity index is 1.23. The number of carbonyl (C=O) groups is 2. The van der Waals surface area contributed by atoms with Gasteiger partial charge in [-0.25, -0.2) is 8.42 Å². The maximum Gasteiger partial charge on any atom is 0.242 e. The summed E-state index contributed by atoms with van der Waals surface area (Å²) < 4.78 is 29.1. The molecule has 3 aliphatic rings. The van der Waals surface area contributed by atoms with Crippen molar-refractivity contribution in [1.82, 2.24) is 19.4 Å². The SMILES string of the molecule is O=C1C(NS(=O)(=O)c2cccc(-c3ccc(Cl)cc3)c2)CCCN1CC(=O)N1CCCC1CN1CCCC1. The molecule has 5 rings (SSSR count).